The molecule has 0 unspecified atom stereocenters. The lowest BCUT2D eigenvalue weighted by molar-refractivity contribution is -0.148. The molecule has 25 heavy (non-hydrogen) atoms. The first-order valence-corrected chi connectivity index (χ1v) is 9.73. The van der Waals surface area contributed by atoms with Gasteiger partial charge in [0, 0.05) is 12.5 Å². The Morgan fingerprint density at radius 3 is 2.84 bits per heavy atom. The fourth-order valence-electron chi connectivity index (χ4n) is 2.63. The van der Waals surface area contributed by atoms with Crippen LogP contribution in [0.4, 0.5) is 0 Å². The fraction of sp³-hybridized carbons (Fsp3) is 0.438. The molecule has 1 aromatic heterocycles. The van der Waals surface area contributed by atoms with E-state index in [0.717, 1.165) is 5.52 Å². The number of aromatic nitrogens is 1. The maximum Gasteiger partial charge on any atom is 0.306 e. The summed E-state index contributed by atoms with van der Waals surface area (Å²) in [5, 5.41) is 2.56. The van der Waals surface area contributed by atoms with Crippen molar-refractivity contribution in [3.05, 3.63) is 30.2 Å². The molecule has 2 aromatic rings. The number of sulfone groups is 1. The second kappa shape index (κ2) is 7.22. The molecule has 0 bridgehead atoms. The molecule has 0 aliphatic carbocycles. The number of nitrogens with zero attached hydrogens (tertiary/aromatic N) is 1. The molecule has 134 valence electrons. The number of nitrogens with one attached hydrogen (secondary N) is 1. The minimum atomic E-state index is -3.06. The zero-order valence-corrected chi connectivity index (χ0v) is 14.3. The summed E-state index contributed by atoms with van der Waals surface area (Å²) in [7, 11) is -3.06. The number of benzene rings is 1. The molecule has 1 amide bonds. The van der Waals surface area contributed by atoms with Crippen LogP contribution in [0.15, 0.2) is 28.7 Å². The van der Waals surface area contributed by atoms with E-state index < -0.39 is 34.4 Å². The van der Waals surface area contributed by atoms with E-state index in [0.29, 0.717) is 17.9 Å². The quantitative estimate of drug-likeness (QED) is 0.745. The molecule has 9 heteroatoms. The van der Waals surface area contributed by atoms with Crippen LogP contribution in [0.25, 0.3) is 11.1 Å². The fourth-order valence-corrected chi connectivity index (χ4v) is 4.31. The number of hydrogen-bond acceptors (Lipinski definition) is 7. The van der Waals surface area contributed by atoms with Crippen molar-refractivity contribution in [2.75, 3.05) is 18.1 Å². The molecule has 1 saturated heterocycles. The van der Waals surface area contributed by atoms with E-state index in [9.17, 15) is 18.0 Å². The van der Waals surface area contributed by atoms with Gasteiger partial charge >= 0.3 is 5.97 Å². The highest BCUT2D eigenvalue weighted by Gasteiger charge is 2.29. The van der Waals surface area contributed by atoms with Crippen molar-refractivity contribution in [1.29, 1.82) is 0 Å². The first-order valence-electron chi connectivity index (χ1n) is 7.91. The van der Waals surface area contributed by atoms with Crippen LogP contribution in [-0.4, -0.2) is 49.4 Å². The van der Waals surface area contributed by atoms with Crippen LogP contribution in [0.1, 0.15) is 18.7 Å². The lowest BCUT2D eigenvalue weighted by Gasteiger charge is -2.10. The van der Waals surface area contributed by atoms with Gasteiger partial charge in [-0.25, -0.2) is 13.4 Å². The van der Waals surface area contributed by atoms with Crippen LogP contribution in [0.3, 0.4) is 0 Å². The van der Waals surface area contributed by atoms with Crippen LogP contribution in [0.5, 0.6) is 0 Å². The van der Waals surface area contributed by atoms with Crippen molar-refractivity contribution in [3.8, 4) is 0 Å². The number of hydrogen-bond donors (Lipinski definition) is 1. The number of esters is 1. The number of oxazole rings is 1. The summed E-state index contributed by atoms with van der Waals surface area (Å²) in [6.45, 7) is -0.428. The average molecular weight is 366 g/mol. The molecule has 8 nitrogen and oxygen atoms in total. The minimum absolute atomic E-state index is 0.0396. The average Bonchev–Trinajstić information content (AvgIpc) is 3.13. The number of ether oxygens (including phenoxy) is 1. The third-order valence-corrected chi connectivity index (χ3v) is 5.61. The zero-order valence-electron chi connectivity index (χ0n) is 13.4. The number of fused-ring (bicyclic) bond motifs is 1. The van der Waals surface area contributed by atoms with Gasteiger partial charge in [-0.2, -0.15) is 0 Å². The number of amides is 1. The van der Waals surface area contributed by atoms with Gasteiger partial charge in [0.05, 0.1) is 17.9 Å². The molecule has 2 heterocycles. The van der Waals surface area contributed by atoms with Gasteiger partial charge in [-0.1, -0.05) is 12.1 Å². The monoisotopic (exact) mass is 366 g/mol. The summed E-state index contributed by atoms with van der Waals surface area (Å²) in [4.78, 5) is 27.7. The van der Waals surface area contributed by atoms with Crippen molar-refractivity contribution in [1.82, 2.24) is 10.3 Å². The van der Waals surface area contributed by atoms with Crippen LogP contribution < -0.4 is 5.32 Å². The van der Waals surface area contributed by atoms with Crippen LogP contribution >= 0.6 is 0 Å². The maximum atomic E-state index is 11.7. The second-order valence-electron chi connectivity index (χ2n) is 5.90. The highest BCUT2D eigenvalue weighted by molar-refractivity contribution is 7.91. The first-order chi connectivity index (χ1) is 11.9. The van der Waals surface area contributed by atoms with Crippen LogP contribution in [0, 0.1) is 0 Å². The number of rotatable bonds is 6. The molecule has 1 fully saturated rings. The predicted octanol–water partition coefficient (Wildman–Crippen LogP) is 0.607. The summed E-state index contributed by atoms with van der Waals surface area (Å²) in [5.41, 5.74) is 1.37. The number of carbonyl (C=O) groups excluding carboxylic acids is 2. The Kier molecular flexibility index (Phi) is 5.03. The Morgan fingerprint density at radius 1 is 1.32 bits per heavy atom. The van der Waals surface area contributed by atoms with Crippen molar-refractivity contribution < 1.29 is 27.2 Å². The minimum Gasteiger partial charge on any atom is -0.456 e. The molecule has 1 N–H and O–H groups in total. The summed E-state index contributed by atoms with van der Waals surface area (Å²) in [6, 6.07) is 6.87. The van der Waals surface area contributed by atoms with Crippen molar-refractivity contribution >= 4 is 32.8 Å². The molecular formula is C16H18N2O6S. The molecule has 0 spiro atoms. The Morgan fingerprint density at radius 2 is 2.12 bits per heavy atom. The van der Waals surface area contributed by atoms with Crippen molar-refractivity contribution in [2.24, 2.45) is 0 Å². The second-order valence-corrected chi connectivity index (χ2v) is 8.13. The molecule has 0 radical (unpaired) electrons. The third kappa shape index (κ3) is 4.79. The van der Waals surface area contributed by atoms with Crippen LogP contribution in [0.2, 0.25) is 0 Å². The topological polar surface area (TPSA) is 116 Å². The largest absolute Gasteiger partial charge is 0.456 e. The van der Waals surface area contributed by atoms with E-state index >= 15 is 0 Å². The van der Waals surface area contributed by atoms with E-state index in [1.807, 2.05) is 18.2 Å². The van der Waals surface area contributed by atoms with Gasteiger partial charge in [0.1, 0.15) is 5.52 Å². The van der Waals surface area contributed by atoms with Crippen molar-refractivity contribution in [3.63, 3.8) is 0 Å². The Hall–Kier alpha value is -2.42. The number of carbonyl (C=O) groups is 2. The molecule has 1 aliphatic rings. The summed E-state index contributed by atoms with van der Waals surface area (Å²) < 4.78 is 33.0. The Balaban J connectivity index is 1.39. The first kappa shape index (κ1) is 17.4. The number of aryl methyl sites for hydroxylation is 1. The smallest absolute Gasteiger partial charge is 0.306 e. The van der Waals surface area contributed by atoms with Gasteiger partial charge in [0.25, 0.3) is 5.91 Å². The van der Waals surface area contributed by atoms with Gasteiger partial charge in [0.2, 0.25) is 0 Å². The summed E-state index contributed by atoms with van der Waals surface area (Å²) in [6.07, 6.45) is 0.702. The third-order valence-electron chi connectivity index (χ3n) is 3.84. The van der Waals surface area contributed by atoms with E-state index in [1.165, 1.54) is 0 Å². The van der Waals surface area contributed by atoms with Crippen LogP contribution in [-0.2, 0) is 30.6 Å². The summed E-state index contributed by atoms with van der Waals surface area (Å²) in [5.74, 6) is -0.611. The molecule has 1 aromatic carbocycles. The normalized spacial score (nSPS) is 19.0. The van der Waals surface area contributed by atoms with E-state index in [4.69, 9.17) is 9.15 Å². The predicted molar refractivity (Wildman–Crippen MR) is 88.5 cm³/mol. The van der Waals surface area contributed by atoms with Gasteiger partial charge in [-0.15, -0.1) is 0 Å². The Bertz CT molecular complexity index is 856. The van der Waals surface area contributed by atoms with E-state index in [2.05, 4.69) is 10.3 Å². The Labute approximate surface area is 144 Å². The summed E-state index contributed by atoms with van der Waals surface area (Å²) >= 11 is 0. The molecule has 1 atom stereocenters. The highest BCUT2D eigenvalue weighted by atomic mass is 32.2. The maximum absolute atomic E-state index is 11.7. The molecule has 0 saturated carbocycles. The SMILES string of the molecule is O=C(COC(=O)CCc1nc2ccccc2o1)N[C@H]1CCS(=O)(=O)C1. The lowest BCUT2D eigenvalue weighted by Crippen LogP contribution is -2.38. The van der Waals surface area contributed by atoms with Gasteiger partial charge in [-0.05, 0) is 18.6 Å². The lowest BCUT2D eigenvalue weighted by atomic mass is 10.2. The van der Waals surface area contributed by atoms with Crippen molar-refractivity contribution in [2.45, 2.75) is 25.3 Å². The number of para-hydroxylation sites is 2. The molecular weight excluding hydrogens is 348 g/mol. The van der Waals surface area contributed by atoms with E-state index in [1.54, 1.807) is 6.07 Å². The molecule has 3 rings (SSSR count). The van der Waals surface area contributed by atoms with Gasteiger partial charge in [-0.3, -0.25) is 9.59 Å². The molecule has 1 aliphatic heterocycles. The van der Waals surface area contributed by atoms with E-state index in [-0.39, 0.29) is 24.3 Å². The standard InChI is InChI=1S/C16H18N2O6S/c19-14(17-11-7-8-25(21,22)10-11)9-23-16(20)6-5-15-18-12-3-1-2-4-13(12)24-15/h1-4,11H,5-10H2,(H,17,19)/t11-/m0/s1. The zero-order chi connectivity index (χ0) is 17.9. The van der Waals surface area contributed by atoms with Gasteiger partial charge in [0.15, 0.2) is 27.9 Å². The van der Waals surface area contributed by atoms with Gasteiger partial charge < -0.3 is 14.5 Å². The highest BCUT2D eigenvalue weighted by Crippen LogP contribution is 2.15.